The molecule has 4 rings (SSSR count). The summed E-state index contributed by atoms with van der Waals surface area (Å²) in [6.45, 7) is 1.10. The van der Waals surface area contributed by atoms with E-state index in [4.69, 9.17) is 9.47 Å². The first-order chi connectivity index (χ1) is 13.7. The van der Waals surface area contributed by atoms with E-state index in [2.05, 4.69) is 9.97 Å². The second-order valence-corrected chi connectivity index (χ2v) is 6.31. The average molecular weight is 379 g/mol. The summed E-state index contributed by atoms with van der Waals surface area (Å²) in [6.07, 6.45) is 2.79. The van der Waals surface area contributed by atoms with Crippen molar-refractivity contribution in [3.63, 3.8) is 0 Å². The summed E-state index contributed by atoms with van der Waals surface area (Å²) in [4.78, 5) is 22.6. The van der Waals surface area contributed by atoms with Crippen molar-refractivity contribution in [1.29, 1.82) is 0 Å². The van der Waals surface area contributed by atoms with Gasteiger partial charge in [0.15, 0.2) is 0 Å². The molecule has 0 bridgehead atoms. The fraction of sp³-hybridized carbons (Fsp3) is 0.190. The minimum Gasteiger partial charge on any atom is -0.491 e. The molecule has 28 heavy (non-hydrogen) atoms. The molecular weight excluding hydrogens is 361 g/mol. The van der Waals surface area contributed by atoms with Crippen LogP contribution in [0.5, 0.6) is 11.6 Å². The Morgan fingerprint density at radius 1 is 1.11 bits per heavy atom. The van der Waals surface area contributed by atoms with Gasteiger partial charge in [-0.2, -0.15) is 0 Å². The lowest BCUT2D eigenvalue weighted by atomic mass is 10.1. The van der Waals surface area contributed by atoms with Crippen LogP contribution in [0.2, 0.25) is 0 Å². The zero-order chi connectivity index (χ0) is 19.3. The number of hydrogen-bond acceptors (Lipinski definition) is 5. The van der Waals surface area contributed by atoms with E-state index in [1.54, 1.807) is 12.1 Å². The predicted molar refractivity (Wildman–Crippen MR) is 99.4 cm³/mol. The summed E-state index contributed by atoms with van der Waals surface area (Å²) in [6, 6.07) is 14.3. The number of halogens is 1. The quantitative estimate of drug-likeness (QED) is 0.696. The summed E-state index contributed by atoms with van der Waals surface area (Å²) in [5, 5.41) is 0. The molecule has 0 unspecified atom stereocenters. The Balaban J connectivity index is 1.44. The van der Waals surface area contributed by atoms with Gasteiger partial charge in [-0.15, -0.1) is 0 Å². The highest BCUT2D eigenvalue weighted by Crippen LogP contribution is 2.26. The van der Waals surface area contributed by atoms with Gasteiger partial charge in [-0.05, 0) is 17.7 Å². The average Bonchev–Trinajstić information content (AvgIpc) is 2.96. The molecule has 3 aromatic rings. The fourth-order valence-electron chi connectivity index (χ4n) is 2.93. The van der Waals surface area contributed by atoms with Gasteiger partial charge in [-0.1, -0.05) is 36.4 Å². The molecule has 0 saturated heterocycles. The van der Waals surface area contributed by atoms with Crippen LogP contribution in [0, 0.1) is 5.82 Å². The van der Waals surface area contributed by atoms with Gasteiger partial charge in [0.1, 0.15) is 30.5 Å². The number of carbonyl (C=O) groups excluding carboxylic acids is 1. The number of rotatable bonds is 4. The number of nitrogens with zero attached hydrogens (tertiary/aromatic N) is 3. The van der Waals surface area contributed by atoms with Crippen molar-refractivity contribution in [2.24, 2.45) is 0 Å². The predicted octanol–water partition coefficient (Wildman–Crippen LogP) is 3.23. The maximum Gasteiger partial charge on any atom is 0.274 e. The van der Waals surface area contributed by atoms with E-state index in [9.17, 15) is 9.18 Å². The summed E-state index contributed by atoms with van der Waals surface area (Å²) >= 11 is 0. The summed E-state index contributed by atoms with van der Waals surface area (Å²) < 4.78 is 25.2. The summed E-state index contributed by atoms with van der Waals surface area (Å²) in [5.41, 5.74) is 1.55. The number of benzene rings is 2. The Labute approximate surface area is 161 Å². The minimum atomic E-state index is -0.395. The third-order valence-corrected chi connectivity index (χ3v) is 4.41. The summed E-state index contributed by atoms with van der Waals surface area (Å²) in [7, 11) is 0. The van der Waals surface area contributed by atoms with Crippen molar-refractivity contribution in [1.82, 2.24) is 14.9 Å². The molecule has 2 aromatic carbocycles. The fourth-order valence-corrected chi connectivity index (χ4v) is 2.93. The number of hydrogen-bond donors (Lipinski definition) is 0. The second-order valence-electron chi connectivity index (χ2n) is 6.31. The van der Waals surface area contributed by atoms with E-state index in [1.165, 1.54) is 23.4 Å². The van der Waals surface area contributed by atoms with Crippen molar-refractivity contribution in [3.05, 3.63) is 83.6 Å². The molecule has 142 valence electrons. The van der Waals surface area contributed by atoms with E-state index in [-0.39, 0.29) is 24.8 Å². The highest BCUT2D eigenvalue weighted by Gasteiger charge is 2.24. The van der Waals surface area contributed by atoms with Crippen LogP contribution in [0.15, 0.2) is 60.9 Å². The molecular formula is C21H18FN3O3. The number of amides is 1. The van der Waals surface area contributed by atoms with Crippen LogP contribution in [0.3, 0.4) is 0 Å². The SMILES string of the molecule is O=C(c1cnc(OCc2ccccc2)cn1)N1CCOc2cccc(F)c2C1. The van der Waals surface area contributed by atoms with Gasteiger partial charge in [-0.3, -0.25) is 4.79 Å². The third-order valence-electron chi connectivity index (χ3n) is 4.41. The van der Waals surface area contributed by atoms with Gasteiger partial charge in [0.25, 0.3) is 5.91 Å². The van der Waals surface area contributed by atoms with Crippen LogP contribution >= 0.6 is 0 Å². The van der Waals surface area contributed by atoms with Crippen molar-refractivity contribution in [3.8, 4) is 11.6 Å². The van der Waals surface area contributed by atoms with E-state index in [1.807, 2.05) is 30.3 Å². The van der Waals surface area contributed by atoms with E-state index in [0.717, 1.165) is 5.56 Å². The lowest BCUT2D eigenvalue weighted by molar-refractivity contribution is 0.0725. The molecule has 0 atom stereocenters. The highest BCUT2D eigenvalue weighted by atomic mass is 19.1. The normalized spacial score (nSPS) is 13.2. The van der Waals surface area contributed by atoms with Crippen LogP contribution in [-0.4, -0.2) is 33.9 Å². The summed E-state index contributed by atoms with van der Waals surface area (Å²) in [5.74, 6) is 0.0665. The monoisotopic (exact) mass is 379 g/mol. The lowest BCUT2D eigenvalue weighted by Crippen LogP contribution is -2.33. The van der Waals surface area contributed by atoms with Crippen LogP contribution < -0.4 is 9.47 Å². The van der Waals surface area contributed by atoms with Crippen LogP contribution in [0.1, 0.15) is 21.6 Å². The molecule has 2 heterocycles. The molecule has 0 fully saturated rings. The molecule has 0 radical (unpaired) electrons. The molecule has 0 aliphatic carbocycles. The zero-order valence-corrected chi connectivity index (χ0v) is 15.0. The van der Waals surface area contributed by atoms with Crippen molar-refractivity contribution >= 4 is 5.91 Å². The van der Waals surface area contributed by atoms with Crippen LogP contribution in [-0.2, 0) is 13.2 Å². The van der Waals surface area contributed by atoms with Gasteiger partial charge >= 0.3 is 0 Å². The largest absolute Gasteiger partial charge is 0.491 e. The maximum atomic E-state index is 14.1. The zero-order valence-electron chi connectivity index (χ0n) is 15.0. The van der Waals surface area contributed by atoms with Gasteiger partial charge in [-0.25, -0.2) is 14.4 Å². The molecule has 0 spiro atoms. The lowest BCUT2D eigenvalue weighted by Gasteiger charge is -2.19. The smallest absolute Gasteiger partial charge is 0.274 e. The van der Waals surface area contributed by atoms with Crippen molar-refractivity contribution < 1.29 is 18.7 Å². The van der Waals surface area contributed by atoms with E-state index >= 15 is 0 Å². The van der Waals surface area contributed by atoms with Crippen LogP contribution in [0.4, 0.5) is 4.39 Å². The molecule has 1 aromatic heterocycles. The maximum absolute atomic E-state index is 14.1. The van der Waals surface area contributed by atoms with E-state index in [0.29, 0.717) is 30.3 Å². The highest BCUT2D eigenvalue weighted by molar-refractivity contribution is 5.92. The first kappa shape index (κ1) is 17.9. The van der Waals surface area contributed by atoms with Crippen molar-refractivity contribution in [2.75, 3.05) is 13.2 Å². The molecule has 7 heteroatoms. The first-order valence-electron chi connectivity index (χ1n) is 8.89. The second kappa shape index (κ2) is 8.04. The van der Waals surface area contributed by atoms with Gasteiger partial charge in [0, 0.05) is 5.56 Å². The van der Waals surface area contributed by atoms with Gasteiger partial charge in [0.05, 0.1) is 25.5 Å². The Hall–Kier alpha value is -3.48. The minimum absolute atomic E-state index is 0.120. The molecule has 6 nitrogen and oxygen atoms in total. The van der Waals surface area contributed by atoms with E-state index < -0.39 is 5.82 Å². The molecule has 1 amide bonds. The van der Waals surface area contributed by atoms with Crippen molar-refractivity contribution in [2.45, 2.75) is 13.2 Å². The van der Waals surface area contributed by atoms with Gasteiger partial charge < -0.3 is 14.4 Å². The number of aromatic nitrogens is 2. The topological polar surface area (TPSA) is 64.5 Å². The molecule has 0 N–H and O–H groups in total. The molecule has 1 aliphatic rings. The third kappa shape index (κ3) is 3.93. The Morgan fingerprint density at radius 3 is 2.75 bits per heavy atom. The Bertz CT molecular complexity index is 964. The Morgan fingerprint density at radius 2 is 1.96 bits per heavy atom. The first-order valence-corrected chi connectivity index (χ1v) is 8.89. The standard InChI is InChI=1S/C21H18FN3O3/c22-17-7-4-8-19-16(17)13-25(9-10-27-19)21(26)18-11-24-20(12-23-18)28-14-15-5-2-1-3-6-15/h1-8,11-12H,9-10,13-14H2. The Kier molecular flexibility index (Phi) is 5.14. The number of carbonyl (C=O) groups is 1. The molecule has 0 saturated carbocycles. The number of fused-ring (bicyclic) bond motifs is 1. The van der Waals surface area contributed by atoms with Gasteiger partial charge in [0.2, 0.25) is 5.88 Å². The molecule has 1 aliphatic heterocycles. The number of ether oxygens (including phenoxy) is 2. The van der Waals surface area contributed by atoms with Crippen LogP contribution in [0.25, 0.3) is 0 Å².